The van der Waals surface area contributed by atoms with Crippen molar-refractivity contribution in [2.45, 2.75) is 11.7 Å². The van der Waals surface area contributed by atoms with Crippen LogP contribution >= 0.6 is 11.8 Å². The van der Waals surface area contributed by atoms with E-state index in [0.717, 1.165) is 22.7 Å². The zero-order chi connectivity index (χ0) is 18.4. The summed E-state index contributed by atoms with van der Waals surface area (Å²) in [5.74, 6) is 1.82. The molecule has 0 aliphatic carbocycles. The van der Waals surface area contributed by atoms with Gasteiger partial charge in [-0.3, -0.25) is 4.79 Å². The Bertz CT molecular complexity index is 863. The zero-order valence-corrected chi connectivity index (χ0v) is 15.5. The second-order valence-electron chi connectivity index (χ2n) is 5.64. The summed E-state index contributed by atoms with van der Waals surface area (Å²) in [6.07, 6.45) is 0. The minimum absolute atomic E-state index is 0.0462. The van der Waals surface area contributed by atoms with E-state index in [0.29, 0.717) is 11.7 Å². The van der Waals surface area contributed by atoms with E-state index in [1.165, 1.54) is 11.8 Å². The average molecular weight is 368 g/mol. The highest BCUT2D eigenvalue weighted by molar-refractivity contribution is 7.99. The van der Waals surface area contributed by atoms with Crippen LogP contribution in [0.4, 0.5) is 0 Å². The molecular weight excluding hydrogens is 348 g/mol. The third-order valence-electron chi connectivity index (χ3n) is 3.85. The van der Waals surface area contributed by atoms with Gasteiger partial charge in [0.1, 0.15) is 5.75 Å². The van der Waals surface area contributed by atoms with Gasteiger partial charge >= 0.3 is 0 Å². The van der Waals surface area contributed by atoms with E-state index in [-0.39, 0.29) is 11.7 Å². The molecule has 7 heteroatoms. The predicted octanol–water partition coefficient (Wildman–Crippen LogP) is 2.90. The Labute approximate surface area is 156 Å². The summed E-state index contributed by atoms with van der Waals surface area (Å²) in [4.78, 5) is 12.1. The van der Waals surface area contributed by atoms with Crippen molar-refractivity contribution in [2.75, 3.05) is 12.9 Å². The van der Waals surface area contributed by atoms with Gasteiger partial charge in [0.15, 0.2) is 11.0 Å². The first kappa shape index (κ1) is 18.0. The molecule has 0 atom stereocenters. The largest absolute Gasteiger partial charge is 0.497 e. The van der Waals surface area contributed by atoms with Crippen LogP contribution in [-0.2, 0) is 18.4 Å². The molecule has 0 aliphatic heterocycles. The number of hydrogen-bond donors (Lipinski definition) is 1. The van der Waals surface area contributed by atoms with Crippen LogP contribution in [0.5, 0.6) is 5.75 Å². The molecule has 134 valence electrons. The number of nitrogens with zero attached hydrogens (tertiary/aromatic N) is 3. The maximum atomic E-state index is 12.1. The molecule has 1 amide bonds. The van der Waals surface area contributed by atoms with Gasteiger partial charge in [-0.2, -0.15) is 0 Å². The van der Waals surface area contributed by atoms with E-state index in [2.05, 4.69) is 15.5 Å². The summed E-state index contributed by atoms with van der Waals surface area (Å²) in [5.41, 5.74) is 2.02. The molecule has 3 aromatic rings. The average Bonchev–Trinajstić information content (AvgIpc) is 3.06. The molecule has 6 nitrogen and oxygen atoms in total. The topological polar surface area (TPSA) is 69.0 Å². The summed E-state index contributed by atoms with van der Waals surface area (Å²) in [6.45, 7) is 0.484. The minimum atomic E-state index is -0.0462. The fourth-order valence-corrected chi connectivity index (χ4v) is 3.15. The van der Waals surface area contributed by atoms with Crippen LogP contribution in [0.25, 0.3) is 11.4 Å². The number of carbonyl (C=O) groups excluding carboxylic acids is 1. The Hall–Kier alpha value is -2.80. The molecule has 0 saturated carbocycles. The van der Waals surface area contributed by atoms with Gasteiger partial charge in [0.25, 0.3) is 0 Å². The molecule has 1 N–H and O–H groups in total. The second kappa shape index (κ2) is 8.53. The summed E-state index contributed by atoms with van der Waals surface area (Å²) in [5, 5.41) is 12.0. The molecule has 3 rings (SSSR count). The number of nitrogens with one attached hydrogen (secondary N) is 1. The van der Waals surface area contributed by atoms with E-state index in [9.17, 15) is 4.79 Å². The Balaban J connectivity index is 1.52. The van der Waals surface area contributed by atoms with Crippen LogP contribution in [0.15, 0.2) is 59.8 Å². The Morgan fingerprint density at radius 2 is 1.85 bits per heavy atom. The molecule has 0 saturated heterocycles. The fourth-order valence-electron chi connectivity index (χ4n) is 2.40. The Morgan fingerprint density at radius 3 is 2.54 bits per heavy atom. The minimum Gasteiger partial charge on any atom is -0.497 e. The lowest BCUT2D eigenvalue weighted by Crippen LogP contribution is -2.24. The van der Waals surface area contributed by atoms with Gasteiger partial charge in [-0.1, -0.05) is 54.2 Å². The van der Waals surface area contributed by atoms with Crippen LogP contribution < -0.4 is 10.1 Å². The first-order chi connectivity index (χ1) is 12.7. The van der Waals surface area contributed by atoms with E-state index in [1.54, 1.807) is 7.11 Å². The molecule has 2 aromatic carbocycles. The van der Waals surface area contributed by atoms with Crippen molar-refractivity contribution in [3.8, 4) is 17.1 Å². The molecule has 0 spiro atoms. The highest BCUT2D eigenvalue weighted by atomic mass is 32.2. The van der Waals surface area contributed by atoms with Crippen molar-refractivity contribution in [2.24, 2.45) is 7.05 Å². The van der Waals surface area contributed by atoms with Gasteiger partial charge < -0.3 is 14.6 Å². The van der Waals surface area contributed by atoms with E-state index in [4.69, 9.17) is 4.74 Å². The van der Waals surface area contributed by atoms with Crippen molar-refractivity contribution in [3.63, 3.8) is 0 Å². The standard InChI is InChI=1S/C19H20N4O2S/c1-23-18(15-6-4-3-5-7-15)21-22-19(23)26-13-17(24)20-12-14-8-10-16(25-2)11-9-14/h3-11H,12-13H2,1-2H3,(H,20,24). The predicted molar refractivity (Wildman–Crippen MR) is 102 cm³/mol. The van der Waals surface area contributed by atoms with Crippen LogP contribution in [0, 0.1) is 0 Å². The number of rotatable bonds is 7. The van der Waals surface area contributed by atoms with Crippen molar-refractivity contribution in [3.05, 3.63) is 60.2 Å². The van der Waals surface area contributed by atoms with Crippen LogP contribution in [0.1, 0.15) is 5.56 Å². The van der Waals surface area contributed by atoms with E-state index < -0.39 is 0 Å². The van der Waals surface area contributed by atoms with Gasteiger partial charge in [-0.25, -0.2) is 0 Å². The monoisotopic (exact) mass is 368 g/mol. The van der Waals surface area contributed by atoms with Crippen LogP contribution in [0.2, 0.25) is 0 Å². The first-order valence-electron chi connectivity index (χ1n) is 8.14. The van der Waals surface area contributed by atoms with Gasteiger partial charge in [0.2, 0.25) is 5.91 Å². The summed E-state index contributed by atoms with van der Waals surface area (Å²) >= 11 is 1.37. The van der Waals surface area contributed by atoms with E-state index >= 15 is 0 Å². The molecular formula is C19H20N4O2S. The van der Waals surface area contributed by atoms with Crippen LogP contribution in [0.3, 0.4) is 0 Å². The quantitative estimate of drug-likeness (QED) is 0.650. The third kappa shape index (κ3) is 4.43. The SMILES string of the molecule is COc1ccc(CNC(=O)CSc2nnc(-c3ccccc3)n2C)cc1. The lowest BCUT2D eigenvalue weighted by molar-refractivity contribution is -0.118. The zero-order valence-electron chi connectivity index (χ0n) is 14.7. The molecule has 0 bridgehead atoms. The number of hydrogen-bond acceptors (Lipinski definition) is 5. The highest BCUT2D eigenvalue weighted by Crippen LogP contribution is 2.22. The number of benzene rings is 2. The highest BCUT2D eigenvalue weighted by Gasteiger charge is 2.12. The lowest BCUT2D eigenvalue weighted by atomic mass is 10.2. The van der Waals surface area contributed by atoms with Crippen molar-refractivity contribution in [1.29, 1.82) is 0 Å². The molecule has 0 aliphatic rings. The lowest BCUT2D eigenvalue weighted by Gasteiger charge is -2.06. The summed E-state index contributed by atoms with van der Waals surface area (Å²) in [6, 6.07) is 17.5. The smallest absolute Gasteiger partial charge is 0.230 e. The first-order valence-corrected chi connectivity index (χ1v) is 9.13. The maximum absolute atomic E-state index is 12.1. The second-order valence-corrected chi connectivity index (χ2v) is 6.59. The number of thioether (sulfide) groups is 1. The van der Waals surface area contributed by atoms with Gasteiger partial charge in [0.05, 0.1) is 12.9 Å². The summed E-state index contributed by atoms with van der Waals surface area (Å²) < 4.78 is 7.02. The molecule has 0 fully saturated rings. The van der Waals surface area contributed by atoms with Crippen LogP contribution in [-0.4, -0.2) is 33.5 Å². The number of carbonyl (C=O) groups is 1. The summed E-state index contributed by atoms with van der Waals surface area (Å²) in [7, 11) is 3.53. The number of aromatic nitrogens is 3. The molecule has 1 heterocycles. The number of ether oxygens (including phenoxy) is 1. The van der Waals surface area contributed by atoms with Crippen molar-refractivity contribution >= 4 is 17.7 Å². The number of methoxy groups -OCH3 is 1. The molecule has 0 radical (unpaired) electrons. The molecule has 1 aromatic heterocycles. The normalized spacial score (nSPS) is 10.5. The van der Waals surface area contributed by atoms with Crippen molar-refractivity contribution < 1.29 is 9.53 Å². The Kier molecular flexibility index (Phi) is 5.91. The van der Waals surface area contributed by atoms with Crippen molar-refractivity contribution in [1.82, 2.24) is 20.1 Å². The molecule has 26 heavy (non-hydrogen) atoms. The van der Waals surface area contributed by atoms with Gasteiger partial charge in [-0.15, -0.1) is 10.2 Å². The van der Waals surface area contributed by atoms with Gasteiger partial charge in [-0.05, 0) is 17.7 Å². The molecule has 0 unspecified atom stereocenters. The van der Waals surface area contributed by atoms with Gasteiger partial charge in [0, 0.05) is 19.2 Å². The fraction of sp³-hybridized carbons (Fsp3) is 0.211. The number of amides is 1. The Morgan fingerprint density at radius 1 is 1.12 bits per heavy atom. The third-order valence-corrected chi connectivity index (χ3v) is 4.87. The van der Waals surface area contributed by atoms with E-state index in [1.807, 2.05) is 66.2 Å². The maximum Gasteiger partial charge on any atom is 0.230 e.